The predicted molar refractivity (Wildman–Crippen MR) is 162 cm³/mol. The lowest BCUT2D eigenvalue weighted by Crippen LogP contribution is -2.48. The summed E-state index contributed by atoms with van der Waals surface area (Å²) in [6, 6.07) is 5.65. The molecule has 278 valence electrons. The summed E-state index contributed by atoms with van der Waals surface area (Å²) in [4.78, 5) is 55.2. The lowest BCUT2D eigenvalue weighted by atomic mass is 10.3. The Morgan fingerprint density at radius 3 is 2.06 bits per heavy atom. The summed E-state index contributed by atoms with van der Waals surface area (Å²) in [5.41, 5.74) is 13.0. The molecule has 0 bridgehead atoms. The number of nitrogens with two attached hydrogens (primary N) is 2. The Morgan fingerprint density at radius 2 is 1.60 bits per heavy atom. The second kappa shape index (κ2) is 18.0. The number of rotatable bonds is 10. The maximum absolute atomic E-state index is 13.1. The number of aromatic nitrogens is 4. The van der Waals surface area contributed by atoms with E-state index in [1.807, 2.05) is 53.3 Å². The Labute approximate surface area is 285 Å². The van der Waals surface area contributed by atoms with Gasteiger partial charge in [-0.2, -0.15) is 26.3 Å². The standard InChI is InChI=1S/C23H32ClN9O3.2C2HF3O2/c1-6-32-16-11-14(36-5)7-8-15(16)33(13-18(34)31(4)10-9-30(2)3)17(32)12-27-23(35)19-21(25)29-22(26)20(24)28-19;2*3-2(4,5)1(6)7/h7-8,11H,6,9-10,12-13H2,1-5H3,(H4-,25,26,27,29,35);2*(H,6,7). The molecule has 0 aliphatic heterocycles. The summed E-state index contributed by atoms with van der Waals surface area (Å²) in [6.07, 6.45) is -10.3. The molecule has 3 aromatic rings. The number of halogens is 7. The van der Waals surface area contributed by atoms with Gasteiger partial charge < -0.3 is 46.3 Å². The third kappa shape index (κ3) is 12.4. The molecule has 0 saturated heterocycles. The summed E-state index contributed by atoms with van der Waals surface area (Å²) >= 11 is 5.93. The average molecular weight is 746 g/mol. The fourth-order valence-corrected chi connectivity index (χ4v) is 3.93. The monoisotopic (exact) mass is 745 g/mol. The second-order valence-corrected chi connectivity index (χ2v) is 10.5. The van der Waals surface area contributed by atoms with E-state index in [0.717, 1.165) is 23.4 Å². The van der Waals surface area contributed by atoms with Crippen LogP contribution < -0.4 is 31.2 Å². The van der Waals surface area contributed by atoms with Gasteiger partial charge in [-0.05, 0) is 33.2 Å². The number of hydrogen-bond acceptors (Lipinski definition) is 11. The number of methoxy groups -OCH3 is 1. The van der Waals surface area contributed by atoms with Gasteiger partial charge in [0.05, 0.1) is 13.7 Å². The van der Waals surface area contributed by atoms with E-state index in [1.165, 1.54) is 0 Å². The van der Waals surface area contributed by atoms with Crippen LogP contribution >= 0.6 is 11.6 Å². The topological polar surface area (TPSA) is 226 Å². The molecule has 2 aromatic heterocycles. The number of benzene rings is 1. The smallest absolute Gasteiger partial charge is 0.490 e. The van der Waals surface area contributed by atoms with Crippen molar-refractivity contribution in [2.75, 3.05) is 52.8 Å². The molecule has 50 heavy (non-hydrogen) atoms. The third-order valence-corrected chi connectivity index (χ3v) is 6.58. The van der Waals surface area contributed by atoms with E-state index < -0.39 is 30.2 Å². The van der Waals surface area contributed by atoms with Crippen molar-refractivity contribution < 1.29 is 65.0 Å². The predicted octanol–water partition coefficient (Wildman–Crippen LogP) is 0.447. The second-order valence-electron chi connectivity index (χ2n) is 10.1. The Morgan fingerprint density at radius 1 is 1.04 bits per heavy atom. The number of amides is 2. The maximum atomic E-state index is 13.1. The van der Waals surface area contributed by atoms with Crippen LogP contribution in [0.2, 0.25) is 5.15 Å². The first-order valence-electron chi connectivity index (χ1n) is 13.9. The van der Waals surface area contributed by atoms with Crippen LogP contribution in [-0.2, 0) is 34.0 Å². The van der Waals surface area contributed by atoms with Crippen molar-refractivity contribution in [2.24, 2.45) is 0 Å². The van der Waals surface area contributed by atoms with Crippen molar-refractivity contribution in [2.45, 2.75) is 38.9 Å². The first-order chi connectivity index (χ1) is 23.0. The number of hydrogen-bond donors (Lipinski definition) is 4. The van der Waals surface area contributed by atoms with E-state index in [9.17, 15) is 35.9 Å². The van der Waals surface area contributed by atoms with E-state index in [4.69, 9.17) is 47.6 Å². The highest BCUT2D eigenvalue weighted by Crippen LogP contribution is 2.22. The third-order valence-electron chi connectivity index (χ3n) is 6.31. The van der Waals surface area contributed by atoms with Crippen LogP contribution in [0.1, 0.15) is 23.2 Å². The number of alkyl halides is 6. The van der Waals surface area contributed by atoms with Crippen LogP contribution in [0.3, 0.4) is 0 Å². The summed E-state index contributed by atoms with van der Waals surface area (Å²) in [5.74, 6) is -5.15. The molecule has 0 aliphatic carbocycles. The first-order valence-corrected chi connectivity index (χ1v) is 14.3. The molecule has 2 heterocycles. The number of imidazole rings is 1. The van der Waals surface area contributed by atoms with Gasteiger partial charge in [0.2, 0.25) is 0 Å². The number of nitrogens with one attached hydrogen (secondary N) is 1. The number of aryl methyl sites for hydroxylation is 1. The lowest BCUT2D eigenvalue weighted by Gasteiger charge is -2.19. The molecular weight excluding hydrogens is 712 g/mol. The van der Waals surface area contributed by atoms with Crippen molar-refractivity contribution >= 4 is 58.0 Å². The van der Waals surface area contributed by atoms with E-state index in [-0.39, 0.29) is 41.5 Å². The number of carbonyl (C=O) groups is 4. The minimum Gasteiger partial charge on any atom is -0.542 e. The minimum absolute atomic E-state index is 0.0548. The molecule has 0 saturated carbocycles. The summed E-state index contributed by atoms with van der Waals surface area (Å²) < 4.78 is 72.6. The summed E-state index contributed by atoms with van der Waals surface area (Å²) in [5, 5.41) is 18.6. The van der Waals surface area contributed by atoms with Crippen LogP contribution in [0, 0.1) is 0 Å². The largest absolute Gasteiger partial charge is 0.542 e. The zero-order valence-corrected chi connectivity index (χ0v) is 27.9. The Kier molecular flexibility index (Phi) is 15.5. The van der Waals surface area contributed by atoms with E-state index in [2.05, 4.69) is 15.3 Å². The highest BCUT2D eigenvalue weighted by molar-refractivity contribution is 6.31. The highest BCUT2D eigenvalue weighted by atomic mass is 35.5. The maximum Gasteiger partial charge on any atom is 0.490 e. The lowest BCUT2D eigenvalue weighted by molar-refractivity contribution is -0.668. The molecular formula is C27H34ClF6N9O7. The van der Waals surface area contributed by atoms with Gasteiger partial charge in [-0.3, -0.25) is 9.59 Å². The summed E-state index contributed by atoms with van der Waals surface area (Å²) in [7, 11) is 7.30. The fourth-order valence-electron chi connectivity index (χ4n) is 3.80. The normalized spacial score (nSPS) is 11.2. The van der Waals surface area contributed by atoms with E-state index >= 15 is 0 Å². The van der Waals surface area contributed by atoms with Gasteiger partial charge in [0, 0.05) is 26.2 Å². The zero-order valence-electron chi connectivity index (χ0n) is 27.1. The van der Waals surface area contributed by atoms with Crippen LogP contribution in [0.5, 0.6) is 5.75 Å². The van der Waals surface area contributed by atoms with Gasteiger partial charge in [-0.1, -0.05) is 11.6 Å². The van der Waals surface area contributed by atoms with Crippen molar-refractivity contribution in [1.29, 1.82) is 0 Å². The minimum atomic E-state index is -5.19. The Bertz CT molecular complexity index is 1660. The van der Waals surface area contributed by atoms with Gasteiger partial charge in [-0.15, -0.1) is 0 Å². The number of fused-ring (bicyclic) bond motifs is 1. The molecule has 6 N–H and O–H groups in total. The van der Waals surface area contributed by atoms with Crippen LogP contribution in [0.15, 0.2) is 18.2 Å². The number of nitrogens with zero attached hydrogens (tertiary/aromatic N) is 6. The summed E-state index contributed by atoms with van der Waals surface area (Å²) in [6.45, 7) is 4.12. The van der Waals surface area contributed by atoms with Crippen molar-refractivity contribution in [3.05, 3.63) is 34.9 Å². The quantitative estimate of drug-likeness (QED) is 0.164. The number of aliphatic carboxylic acids is 2. The van der Waals surface area contributed by atoms with E-state index in [0.29, 0.717) is 18.8 Å². The zero-order chi connectivity index (χ0) is 38.7. The van der Waals surface area contributed by atoms with Gasteiger partial charge >= 0.3 is 18.3 Å². The Balaban J connectivity index is 0.000000748. The molecule has 0 fully saturated rings. The molecule has 0 spiro atoms. The molecule has 0 unspecified atom stereocenters. The number of carboxylic acid groups (broad SMARTS) is 2. The number of anilines is 2. The first kappa shape index (κ1) is 42.9. The molecule has 0 atom stereocenters. The average Bonchev–Trinajstić information content (AvgIpc) is 3.30. The molecule has 2 amide bonds. The van der Waals surface area contributed by atoms with Gasteiger partial charge in [0.1, 0.15) is 18.3 Å². The number of carbonyl (C=O) groups excluding carboxylic acids is 3. The number of nitrogen functional groups attached to an aromatic ring is 2. The molecule has 0 aliphatic rings. The van der Waals surface area contributed by atoms with E-state index in [1.54, 1.807) is 19.1 Å². The van der Waals surface area contributed by atoms with Crippen molar-refractivity contribution in [3.8, 4) is 5.75 Å². The number of ether oxygens (including phenoxy) is 1. The van der Waals surface area contributed by atoms with Crippen LogP contribution in [0.25, 0.3) is 11.0 Å². The van der Waals surface area contributed by atoms with Gasteiger partial charge in [0.25, 0.3) is 17.6 Å². The fraction of sp³-hybridized carbons (Fsp3) is 0.444. The van der Waals surface area contributed by atoms with Gasteiger partial charge in [-0.25, -0.2) is 23.9 Å². The van der Waals surface area contributed by atoms with Crippen LogP contribution in [-0.4, -0.2) is 107 Å². The van der Waals surface area contributed by atoms with Crippen molar-refractivity contribution in [3.63, 3.8) is 0 Å². The molecule has 0 radical (unpaired) electrons. The molecule has 3 rings (SSSR count). The highest BCUT2D eigenvalue weighted by Gasteiger charge is 2.38. The molecule has 16 nitrogen and oxygen atoms in total. The molecule has 23 heteroatoms. The van der Waals surface area contributed by atoms with Crippen LogP contribution in [0.4, 0.5) is 38.0 Å². The number of likely N-dealkylation sites (N-methyl/N-ethyl adjacent to an activating group) is 2. The number of carboxylic acids is 2. The van der Waals surface area contributed by atoms with Gasteiger partial charge in [0.15, 0.2) is 40.1 Å². The van der Waals surface area contributed by atoms with Crippen molar-refractivity contribution in [1.82, 2.24) is 29.7 Å². The SMILES string of the molecule is CCn1c(CNC(=O)c2nc(Cl)c(N)nc2N)[n+](CC(=O)N(C)CCN(C)C)c2ccc(OC)cc21.O=C(O)C(F)(F)F.O=C([O-])C(F)(F)F. The Hall–Kier alpha value is -5.12. The molecule has 1 aromatic carbocycles.